The largest absolute Gasteiger partial charge is 0.357 e. The van der Waals surface area contributed by atoms with E-state index in [1.807, 2.05) is 78.9 Å². The first-order chi connectivity index (χ1) is 16.0. The molecule has 2 amide bonds. The van der Waals surface area contributed by atoms with Crippen LogP contribution in [0.3, 0.4) is 0 Å². The van der Waals surface area contributed by atoms with Gasteiger partial charge >= 0.3 is 0 Å². The summed E-state index contributed by atoms with van der Waals surface area (Å²) < 4.78 is 0.933. The number of hydrogen-bond acceptors (Lipinski definition) is 3. The number of benzene rings is 3. The Morgan fingerprint density at radius 1 is 0.970 bits per heavy atom. The summed E-state index contributed by atoms with van der Waals surface area (Å²) in [5.74, 6) is 0.678. The number of amides is 2. The van der Waals surface area contributed by atoms with Crippen molar-refractivity contribution >= 4 is 51.1 Å². The number of rotatable bonds is 10. The molecule has 0 aliphatic rings. The lowest BCUT2D eigenvalue weighted by Gasteiger charge is -2.31. The average Bonchev–Trinajstić information content (AvgIpc) is 2.81. The van der Waals surface area contributed by atoms with Gasteiger partial charge in [0.15, 0.2) is 0 Å². The number of likely N-dealkylation sites (N-methyl/N-ethyl adjacent to an activating group) is 1. The van der Waals surface area contributed by atoms with Gasteiger partial charge in [0.25, 0.3) is 0 Å². The molecule has 0 aliphatic heterocycles. The SMILES string of the molecule is CNC(=O)[C@@H](Cc1ccccc1)N(Cc1cccc(Br)c1)C(=O)CSCc1cccc(Cl)c1. The third kappa shape index (κ3) is 7.91. The van der Waals surface area contributed by atoms with Crippen LogP contribution in [0.15, 0.2) is 83.3 Å². The van der Waals surface area contributed by atoms with Crippen molar-refractivity contribution < 1.29 is 9.59 Å². The highest BCUT2D eigenvalue weighted by molar-refractivity contribution is 9.10. The van der Waals surface area contributed by atoms with Gasteiger partial charge in [-0.05, 0) is 41.0 Å². The molecule has 3 aromatic rings. The van der Waals surface area contributed by atoms with Crippen molar-refractivity contribution in [2.24, 2.45) is 0 Å². The second kappa shape index (κ2) is 12.8. The lowest BCUT2D eigenvalue weighted by Crippen LogP contribution is -2.50. The maximum atomic E-state index is 13.4. The van der Waals surface area contributed by atoms with Gasteiger partial charge in [0.05, 0.1) is 5.75 Å². The molecule has 4 nitrogen and oxygen atoms in total. The van der Waals surface area contributed by atoms with E-state index in [0.29, 0.717) is 23.7 Å². The van der Waals surface area contributed by atoms with Crippen LogP contribution in [0, 0.1) is 0 Å². The van der Waals surface area contributed by atoms with E-state index in [1.165, 1.54) is 11.8 Å². The van der Waals surface area contributed by atoms with Crippen molar-refractivity contribution in [3.05, 3.63) is 105 Å². The summed E-state index contributed by atoms with van der Waals surface area (Å²) in [5.41, 5.74) is 3.02. The van der Waals surface area contributed by atoms with Gasteiger partial charge in [-0.2, -0.15) is 0 Å². The smallest absolute Gasteiger partial charge is 0.242 e. The molecule has 0 saturated carbocycles. The fourth-order valence-corrected chi connectivity index (χ4v) is 5.04. The molecule has 1 atom stereocenters. The average molecular weight is 546 g/mol. The summed E-state index contributed by atoms with van der Waals surface area (Å²) >= 11 is 11.1. The van der Waals surface area contributed by atoms with Gasteiger partial charge in [-0.25, -0.2) is 0 Å². The summed E-state index contributed by atoms with van der Waals surface area (Å²) in [6.07, 6.45) is 0.444. The van der Waals surface area contributed by atoms with Gasteiger partial charge in [0.1, 0.15) is 6.04 Å². The summed E-state index contributed by atoms with van der Waals surface area (Å²) in [6, 6.07) is 24.6. The Morgan fingerprint density at radius 3 is 2.36 bits per heavy atom. The van der Waals surface area contributed by atoms with E-state index in [1.54, 1.807) is 11.9 Å². The monoisotopic (exact) mass is 544 g/mol. The molecule has 0 radical (unpaired) electrons. The molecule has 3 rings (SSSR count). The van der Waals surface area contributed by atoms with Gasteiger partial charge in [-0.1, -0.05) is 82.1 Å². The van der Waals surface area contributed by atoms with Gasteiger partial charge in [0, 0.05) is 35.3 Å². The van der Waals surface area contributed by atoms with Gasteiger partial charge in [0.2, 0.25) is 11.8 Å². The topological polar surface area (TPSA) is 49.4 Å². The van der Waals surface area contributed by atoms with Crippen LogP contribution in [-0.4, -0.2) is 35.6 Å². The van der Waals surface area contributed by atoms with E-state index in [4.69, 9.17) is 11.6 Å². The molecule has 1 N–H and O–H groups in total. The first-order valence-corrected chi connectivity index (χ1v) is 12.9. The fourth-order valence-electron chi connectivity index (χ4n) is 3.52. The van der Waals surface area contributed by atoms with Crippen molar-refractivity contribution in [1.82, 2.24) is 10.2 Å². The minimum atomic E-state index is -0.615. The van der Waals surface area contributed by atoms with E-state index < -0.39 is 6.04 Å². The highest BCUT2D eigenvalue weighted by atomic mass is 79.9. The molecule has 0 unspecified atom stereocenters. The number of nitrogens with zero attached hydrogens (tertiary/aromatic N) is 1. The molecule has 3 aromatic carbocycles. The van der Waals surface area contributed by atoms with Crippen LogP contribution in [0.5, 0.6) is 0 Å². The minimum absolute atomic E-state index is 0.0773. The number of nitrogens with one attached hydrogen (secondary N) is 1. The van der Waals surface area contributed by atoms with Crippen LogP contribution < -0.4 is 5.32 Å². The van der Waals surface area contributed by atoms with Crippen LogP contribution in [0.25, 0.3) is 0 Å². The summed E-state index contributed by atoms with van der Waals surface area (Å²) in [4.78, 5) is 28.0. The molecule has 0 fully saturated rings. The lowest BCUT2D eigenvalue weighted by molar-refractivity contribution is -0.139. The van der Waals surface area contributed by atoms with E-state index in [-0.39, 0.29) is 17.6 Å². The zero-order valence-electron chi connectivity index (χ0n) is 18.3. The highest BCUT2D eigenvalue weighted by Crippen LogP contribution is 2.21. The molecular formula is C26H26BrClN2O2S. The van der Waals surface area contributed by atoms with Crippen molar-refractivity contribution in [2.75, 3.05) is 12.8 Å². The summed E-state index contributed by atoms with van der Waals surface area (Å²) in [5, 5.41) is 3.42. The Labute approximate surface area is 212 Å². The maximum Gasteiger partial charge on any atom is 0.242 e. The highest BCUT2D eigenvalue weighted by Gasteiger charge is 2.29. The molecule has 0 aliphatic carbocycles. The Bertz CT molecular complexity index is 1080. The zero-order valence-corrected chi connectivity index (χ0v) is 21.5. The standard InChI is InChI=1S/C26H26BrClN2O2S/c1-29-26(32)24(15-19-7-3-2-4-8-19)30(16-20-9-5-11-22(27)13-20)25(31)18-33-17-21-10-6-12-23(28)14-21/h2-14,24H,15-18H2,1H3,(H,29,32)/t24-/m1/s1. The molecule has 0 saturated heterocycles. The molecule has 7 heteroatoms. The minimum Gasteiger partial charge on any atom is -0.357 e. The molecule has 33 heavy (non-hydrogen) atoms. The third-order valence-corrected chi connectivity index (χ3v) is 6.86. The van der Waals surface area contributed by atoms with E-state index in [2.05, 4.69) is 21.2 Å². The predicted octanol–water partition coefficient (Wildman–Crippen LogP) is 5.72. The molecule has 0 bridgehead atoms. The van der Waals surface area contributed by atoms with E-state index in [9.17, 15) is 9.59 Å². The molecule has 0 spiro atoms. The first kappa shape index (κ1) is 25.3. The van der Waals surface area contributed by atoms with Crippen LogP contribution in [0.1, 0.15) is 16.7 Å². The van der Waals surface area contributed by atoms with Crippen LogP contribution in [0.4, 0.5) is 0 Å². The summed E-state index contributed by atoms with van der Waals surface area (Å²) in [6.45, 7) is 0.348. The van der Waals surface area contributed by atoms with Crippen LogP contribution in [-0.2, 0) is 28.3 Å². The molecule has 0 aromatic heterocycles. The van der Waals surface area contributed by atoms with Gasteiger partial charge < -0.3 is 10.2 Å². The third-order valence-electron chi connectivity index (χ3n) is 5.14. The first-order valence-electron chi connectivity index (χ1n) is 10.6. The van der Waals surface area contributed by atoms with Crippen LogP contribution >= 0.6 is 39.3 Å². The normalized spacial score (nSPS) is 11.6. The molecular weight excluding hydrogens is 520 g/mol. The Hall–Kier alpha value is -2.28. The predicted molar refractivity (Wildman–Crippen MR) is 140 cm³/mol. The van der Waals surface area contributed by atoms with Crippen molar-refractivity contribution in [1.29, 1.82) is 0 Å². The van der Waals surface area contributed by atoms with Crippen molar-refractivity contribution in [3.8, 4) is 0 Å². The van der Waals surface area contributed by atoms with Gasteiger partial charge in [-0.3, -0.25) is 9.59 Å². The number of carbonyl (C=O) groups excluding carboxylic acids is 2. The van der Waals surface area contributed by atoms with E-state index >= 15 is 0 Å². The number of hydrogen-bond donors (Lipinski definition) is 1. The zero-order chi connectivity index (χ0) is 23.6. The van der Waals surface area contributed by atoms with Crippen LogP contribution in [0.2, 0.25) is 5.02 Å². The number of carbonyl (C=O) groups is 2. The summed E-state index contributed by atoms with van der Waals surface area (Å²) in [7, 11) is 1.61. The second-order valence-electron chi connectivity index (χ2n) is 7.59. The lowest BCUT2D eigenvalue weighted by atomic mass is 10.0. The quantitative estimate of drug-likeness (QED) is 0.354. The Morgan fingerprint density at radius 2 is 1.67 bits per heavy atom. The number of thioether (sulfide) groups is 1. The fraction of sp³-hybridized carbons (Fsp3) is 0.231. The maximum absolute atomic E-state index is 13.4. The molecule has 0 heterocycles. The Balaban J connectivity index is 1.81. The Kier molecular flexibility index (Phi) is 9.85. The van der Waals surface area contributed by atoms with E-state index in [0.717, 1.165) is 21.2 Å². The molecule has 172 valence electrons. The second-order valence-corrected chi connectivity index (χ2v) is 9.93. The number of halogens is 2. The van der Waals surface area contributed by atoms with Crippen molar-refractivity contribution in [2.45, 2.75) is 24.8 Å². The van der Waals surface area contributed by atoms with Crippen molar-refractivity contribution in [3.63, 3.8) is 0 Å². The van der Waals surface area contributed by atoms with Gasteiger partial charge in [-0.15, -0.1) is 11.8 Å².